The van der Waals surface area contributed by atoms with Crippen molar-refractivity contribution in [3.8, 4) is 6.07 Å². The number of aryl methyl sites for hydroxylation is 1. The molecule has 0 heterocycles. The van der Waals surface area contributed by atoms with Crippen molar-refractivity contribution in [3.05, 3.63) is 29.3 Å². The van der Waals surface area contributed by atoms with Crippen LogP contribution in [-0.4, -0.2) is 36.5 Å². The van der Waals surface area contributed by atoms with Crippen molar-refractivity contribution in [1.82, 2.24) is 0 Å². The molecule has 1 rings (SSSR count). The first-order chi connectivity index (χ1) is 11.9. The Morgan fingerprint density at radius 3 is 2.68 bits per heavy atom. The summed E-state index contributed by atoms with van der Waals surface area (Å²) >= 11 is 0. The van der Waals surface area contributed by atoms with Gasteiger partial charge < -0.3 is 19.9 Å². The van der Waals surface area contributed by atoms with Gasteiger partial charge in [0.1, 0.15) is 12.8 Å². The Hall–Kier alpha value is -2.59. The van der Waals surface area contributed by atoms with E-state index in [1.807, 2.05) is 32.0 Å². The van der Waals surface area contributed by atoms with E-state index in [4.69, 9.17) is 19.8 Å². The van der Waals surface area contributed by atoms with Gasteiger partial charge in [0.25, 0.3) is 0 Å². The Labute approximate surface area is 147 Å². The molecule has 0 aliphatic heterocycles. The molecule has 0 bridgehead atoms. The largest absolute Gasteiger partial charge is 0.481 e. The molecular weight excluding hydrogens is 324 g/mol. The lowest BCUT2D eigenvalue weighted by Crippen LogP contribution is -2.26. The number of nitriles is 1. The Morgan fingerprint density at radius 1 is 1.32 bits per heavy atom. The van der Waals surface area contributed by atoms with Crippen LogP contribution in [0.25, 0.3) is 0 Å². The van der Waals surface area contributed by atoms with Gasteiger partial charge in [0.2, 0.25) is 0 Å². The first-order valence-corrected chi connectivity index (χ1v) is 8.09. The van der Waals surface area contributed by atoms with Crippen LogP contribution in [-0.2, 0) is 25.5 Å². The predicted molar refractivity (Wildman–Crippen MR) is 91.9 cm³/mol. The minimum absolute atomic E-state index is 0.0163. The molecular formula is C18H24N2O5. The van der Waals surface area contributed by atoms with Gasteiger partial charge in [-0.3, -0.25) is 9.59 Å². The number of nitrogens with one attached hydrogen (secondary N) is 1. The highest BCUT2D eigenvalue weighted by atomic mass is 16.6. The van der Waals surface area contributed by atoms with E-state index >= 15 is 0 Å². The summed E-state index contributed by atoms with van der Waals surface area (Å²) in [5.41, 5.74) is 3.07. The number of benzene rings is 1. The highest BCUT2D eigenvalue weighted by molar-refractivity contribution is 5.93. The maximum absolute atomic E-state index is 11.4. The zero-order valence-electron chi connectivity index (χ0n) is 14.7. The summed E-state index contributed by atoms with van der Waals surface area (Å²) in [6.45, 7) is 5.21. The second kappa shape index (κ2) is 10.3. The van der Waals surface area contributed by atoms with Crippen LogP contribution in [0.1, 0.15) is 31.4 Å². The second-order valence-electron chi connectivity index (χ2n) is 5.64. The molecule has 0 aliphatic carbocycles. The molecule has 0 radical (unpaired) electrons. The molecule has 1 aromatic rings. The molecule has 0 amide bonds. The summed E-state index contributed by atoms with van der Waals surface area (Å²) in [6.07, 6.45) is 0.758. The van der Waals surface area contributed by atoms with Crippen LogP contribution < -0.4 is 5.32 Å². The number of anilines is 1. The number of aliphatic carboxylic acids is 1. The molecule has 1 aromatic carbocycles. The summed E-state index contributed by atoms with van der Waals surface area (Å²) in [5.74, 6) is -3.19. The minimum atomic E-state index is -1.22. The lowest BCUT2D eigenvalue weighted by Gasteiger charge is -2.20. The maximum Gasteiger partial charge on any atom is 0.320 e. The molecule has 136 valence electrons. The molecule has 0 saturated carbocycles. The highest BCUT2D eigenvalue weighted by Crippen LogP contribution is 2.22. The van der Waals surface area contributed by atoms with Crippen LogP contribution >= 0.6 is 0 Å². The first kappa shape index (κ1) is 20.5. The lowest BCUT2D eigenvalue weighted by molar-refractivity contribution is -0.158. The monoisotopic (exact) mass is 348 g/mol. The van der Waals surface area contributed by atoms with Gasteiger partial charge in [-0.25, -0.2) is 0 Å². The minimum Gasteiger partial charge on any atom is -0.481 e. The van der Waals surface area contributed by atoms with Crippen LogP contribution in [0, 0.1) is 24.2 Å². The van der Waals surface area contributed by atoms with E-state index in [9.17, 15) is 9.59 Å². The van der Waals surface area contributed by atoms with E-state index < -0.39 is 17.9 Å². The maximum atomic E-state index is 11.4. The van der Waals surface area contributed by atoms with Crippen molar-refractivity contribution >= 4 is 17.6 Å². The second-order valence-corrected chi connectivity index (χ2v) is 5.64. The topological polar surface area (TPSA) is 109 Å². The van der Waals surface area contributed by atoms with E-state index in [1.54, 1.807) is 0 Å². The summed E-state index contributed by atoms with van der Waals surface area (Å²) in [5, 5.41) is 20.7. The van der Waals surface area contributed by atoms with Crippen molar-refractivity contribution in [3.63, 3.8) is 0 Å². The zero-order chi connectivity index (χ0) is 18.8. The van der Waals surface area contributed by atoms with Gasteiger partial charge in [-0.05, 0) is 44.4 Å². The van der Waals surface area contributed by atoms with E-state index in [1.165, 1.54) is 6.92 Å². The van der Waals surface area contributed by atoms with Crippen molar-refractivity contribution in [1.29, 1.82) is 5.26 Å². The van der Waals surface area contributed by atoms with Gasteiger partial charge in [0, 0.05) is 12.1 Å². The van der Waals surface area contributed by atoms with E-state index in [0.717, 1.165) is 16.8 Å². The normalized spacial score (nSPS) is 12.7. The Bertz CT molecular complexity index is 639. The molecule has 0 aliphatic rings. The number of nitrogens with zero attached hydrogens (tertiary/aromatic N) is 1. The Morgan fingerprint density at radius 2 is 2.04 bits per heavy atom. The van der Waals surface area contributed by atoms with E-state index in [2.05, 4.69) is 11.4 Å². The SMILES string of the molecule is Cc1cccc(NC(C)OCCOC(=O)C(C)C(=O)O)c1CCC#N. The molecule has 25 heavy (non-hydrogen) atoms. The number of hydrogen-bond acceptors (Lipinski definition) is 6. The molecule has 7 nitrogen and oxygen atoms in total. The van der Waals surface area contributed by atoms with Gasteiger partial charge >= 0.3 is 11.9 Å². The average molecular weight is 348 g/mol. The zero-order valence-corrected chi connectivity index (χ0v) is 14.7. The van der Waals surface area contributed by atoms with Crippen molar-refractivity contribution in [2.45, 2.75) is 39.8 Å². The number of carbonyl (C=O) groups excluding carboxylic acids is 1. The van der Waals surface area contributed by atoms with Crippen LogP contribution in [0.3, 0.4) is 0 Å². The van der Waals surface area contributed by atoms with E-state index in [-0.39, 0.29) is 19.4 Å². The highest BCUT2D eigenvalue weighted by Gasteiger charge is 2.21. The van der Waals surface area contributed by atoms with Crippen molar-refractivity contribution < 1.29 is 24.2 Å². The Kier molecular flexibility index (Phi) is 8.44. The van der Waals surface area contributed by atoms with Crippen LogP contribution in [0.4, 0.5) is 5.69 Å². The number of carbonyl (C=O) groups is 2. The third-order valence-electron chi connectivity index (χ3n) is 3.68. The van der Waals surface area contributed by atoms with Gasteiger partial charge in [0.15, 0.2) is 5.92 Å². The van der Waals surface area contributed by atoms with Crippen LogP contribution in [0.5, 0.6) is 0 Å². The fourth-order valence-electron chi connectivity index (χ4n) is 2.20. The molecule has 0 spiro atoms. The van der Waals surface area contributed by atoms with Crippen LogP contribution in [0.15, 0.2) is 18.2 Å². The summed E-state index contributed by atoms with van der Waals surface area (Å²) < 4.78 is 10.4. The Balaban J connectivity index is 2.46. The summed E-state index contributed by atoms with van der Waals surface area (Å²) in [6, 6.07) is 7.99. The molecule has 0 fully saturated rings. The molecule has 2 atom stereocenters. The van der Waals surface area contributed by atoms with Gasteiger partial charge in [-0.15, -0.1) is 0 Å². The molecule has 7 heteroatoms. The number of rotatable bonds is 10. The fraction of sp³-hybridized carbons (Fsp3) is 0.500. The molecule has 2 unspecified atom stereocenters. The smallest absolute Gasteiger partial charge is 0.320 e. The predicted octanol–water partition coefficient (Wildman–Crippen LogP) is 2.49. The summed E-state index contributed by atoms with van der Waals surface area (Å²) in [7, 11) is 0. The standard InChI is InChI=1S/C18H24N2O5/c1-12-6-4-8-16(15(12)7-5-9-19)20-14(3)24-10-11-25-18(23)13(2)17(21)22/h4,6,8,13-14,20H,5,7,10-11H2,1-3H3,(H,21,22). The molecule has 0 aromatic heterocycles. The fourth-order valence-corrected chi connectivity index (χ4v) is 2.20. The van der Waals surface area contributed by atoms with Crippen molar-refractivity contribution in [2.24, 2.45) is 5.92 Å². The summed E-state index contributed by atoms with van der Waals surface area (Å²) in [4.78, 5) is 22.1. The third kappa shape index (κ3) is 6.81. The number of carboxylic acid groups (broad SMARTS) is 1. The number of hydrogen-bond donors (Lipinski definition) is 2. The first-order valence-electron chi connectivity index (χ1n) is 8.09. The lowest BCUT2D eigenvalue weighted by atomic mass is 10.0. The number of carboxylic acids is 1. The number of esters is 1. The van der Waals surface area contributed by atoms with Crippen LogP contribution in [0.2, 0.25) is 0 Å². The van der Waals surface area contributed by atoms with Gasteiger partial charge in [0.05, 0.1) is 12.7 Å². The molecule has 2 N–H and O–H groups in total. The third-order valence-corrected chi connectivity index (χ3v) is 3.68. The van der Waals surface area contributed by atoms with Gasteiger partial charge in [-0.1, -0.05) is 12.1 Å². The van der Waals surface area contributed by atoms with Gasteiger partial charge in [-0.2, -0.15) is 5.26 Å². The quantitative estimate of drug-likeness (QED) is 0.289. The molecule has 0 saturated heterocycles. The van der Waals surface area contributed by atoms with E-state index in [0.29, 0.717) is 12.8 Å². The van der Waals surface area contributed by atoms with Crippen molar-refractivity contribution in [2.75, 3.05) is 18.5 Å². The number of ether oxygens (including phenoxy) is 2. The average Bonchev–Trinajstić information content (AvgIpc) is 2.57.